The number of hydrogen-bond donors (Lipinski definition) is 1. The van der Waals surface area contributed by atoms with E-state index in [0.717, 1.165) is 69.0 Å². The van der Waals surface area contributed by atoms with E-state index in [1.165, 1.54) is 4.31 Å². The Hall–Kier alpha value is -1.52. The molecule has 0 bridgehead atoms. The van der Waals surface area contributed by atoms with Crippen LogP contribution in [0.1, 0.15) is 29.5 Å². The van der Waals surface area contributed by atoms with E-state index in [4.69, 9.17) is 4.74 Å². The largest absolute Gasteiger partial charge is 0.379 e. The van der Waals surface area contributed by atoms with Gasteiger partial charge in [0.15, 0.2) is 0 Å². The Morgan fingerprint density at radius 2 is 1.66 bits per heavy atom. The predicted octanol–water partition coefficient (Wildman–Crippen LogP) is 1.15. The van der Waals surface area contributed by atoms with Crippen molar-refractivity contribution in [2.45, 2.75) is 38.5 Å². The van der Waals surface area contributed by atoms with Crippen molar-refractivity contribution in [3.05, 3.63) is 28.8 Å². The molecular formula is C23H38N4O4S. The van der Waals surface area contributed by atoms with E-state index < -0.39 is 10.0 Å². The van der Waals surface area contributed by atoms with E-state index in [1.807, 2.05) is 37.8 Å². The summed E-state index contributed by atoms with van der Waals surface area (Å²) < 4.78 is 34.4. The summed E-state index contributed by atoms with van der Waals surface area (Å²) in [5, 5.41) is 3.24. The van der Waals surface area contributed by atoms with Crippen LogP contribution in [0.4, 0.5) is 0 Å². The van der Waals surface area contributed by atoms with Crippen molar-refractivity contribution in [1.82, 2.24) is 19.4 Å². The van der Waals surface area contributed by atoms with Crippen molar-refractivity contribution in [2.24, 2.45) is 0 Å². The lowest BCUT2D eigenvalue weighted by molar-refractivity contribution is -0.131. The number of morpholine rings is 1. The molecule has 0 unspecified atom stereocenters. The summed E-state index contributed by atoms with van der Waals surface area (Å²) in [6, 6.07) is 3.83. The van der Waals surface area contributed by atoms with E-state index in [0.29, 0.717) is 24.5 Å². The lowest BCUT2D eigenvalue weighted by Crippen LogP contribution is -2.47. The van der Waals surface area contributed by atoms with E-state index in [2.05, 4.69) is 10.2 Å². The molecule has 0 radical (unpaired) electrons. The monoisotopic (exact) mass is 466 g/mol. The number of carbonyl (C=O) groups is 1. The van der Waals surface area contributed by atoms with Crippen molar-refractivity contribution < 1.29 is 17.9 Å². The second-order valence-corrected chi connectivity index (χ2v) is 10.7. The van der Waals surface area contributed by atoms with Crippen molar-refractivity contribution in [3.8, 4) is 0 Å². The van der Waals surface area contributed by atoms with Crippen LogP contribution in [0, 0.1) is 20.8 Å². The van der Waals surface area contributed by atoms with Gasteiger partial charge >= 0.3 is 0 Å². The molecule has 9 heteroatoms. The maximum atomic E-state index is 13.7. The number of ether oxygens (including phenoxy) is 1. The van der Waals surface area contributed by atoms with Gasteiger partial charge in [0, 0.05) is 58.8 Å². The van der Waals surface area contributed by atoms with Gasteiger partial charge in [-0.25, -0.2) is 8.42 Å². The topological polar surface area (TPSA) is 82.2 Å². The number of nitrogens with one attached hydrogen (secondary N) is 1. The van der Waals surface area contributed by atoms with Crippen molar-refractivity contribution in [3.63, 3.8) is 0 Å². The van der Waals surface area contributed by atoms with Gasteiger partial charge in [0.2, 0.25) is 15.9 Å². The van der Waals surface area contributed by atoms with Crippen LogP contribution >= 0.6 is 0 Å². The molecule has 2 saturated heterocycles. The molecule has 0 spiro atoms. The molecule has 0 saturated carbocycles. The summed E-state index contributed by atoms with van der Waals surface area (Å²) in [6.07, 6.45) is 0.936. The Balaban J connectivity index is 1.73. The third-order valence-electron chi connectivity index (χ3n) is 6.23. The van der Waals surface area contributed by atoms with Crippen LogP contribution < -0.4 is 5.32 Å². The molecule has 2 heterocycles. The van der Waals surface area contributed by atoms with E-state index in [9.17, 15) is 13.2 Å². The standard InChI is InChI=1S/C23H38N4O4S/c1-19-17-20(2)23(21(3)18-19)32(29,30)27(9-4-8-25-13-15-31-16-14-25)10-5-22(28)26-11-6-24-7-12-26/h17-18,24H,4-16H2,1-3H3. The fourth-order valence-corrected chi connectivity index (χ4v) is 6.53. The molecule has 180 valence electrons. The molecule has 0 aromatic heterocycles. The van der Waals surface area contributed by atoms with Gasteiger partial charge in [0.05, 0.1) is 18.1 Å². The third-order valence-corrected chi connectivity index (χ3v) is 8.44. The van der Waals surface area contributed by atoms with Gasteiger partial charge in [0.1, 0.15) is 0 Å². The van der Waals surface area contributed by atoms with E-state index in [1.54, 1.807) is 0 Å². The first-order valence-corrected chi connectivity index (χ1v) is 13.1. The minimum absolute atomic E-state index is 0.0252. The smallest absolute Gasteiger partial charge is 0.243 e. The van der Waals surface area contributed by atoms with Crippen LogP contribution in [0.25, 0.3) is 0 Å². The van der Waals surface area contributed by atoms with Crippen molar-refractivity contribution in [2.75, 3.05) is 72.1 Å². The minimum Gasteiger partial charge on any atom is -0.379 e. The molecule has 3 rings (SSSR count). The zero-order valence-corrected chi connectivity index (χ0v) is 20.5. The maximum absolute atomic E-state index is 13.7. The van der Waals surface area contributed by atoms with E-state index in [-0.39, 0.29) is 18.9 Å². The molecule has 1 amide bonds. The first-order chi connectivity index (χ1) is 15.3. The summed E-state index contributed by atoms with van der Waals surface area (Å²) >= 11 is 0. The summed E-state index contributed by atoms with van der Waals surface area (Å²) in [5.41, 5.74) is 2.56. The number of benzene rings is 1. The van der Waals surface area contributed by atoms with Crippen LogP contribution in [-0.2, 0) is 19.6 Å². The summed E-state index contributed by atoms with van der Waals surface area (Å²) in [5.74, 6) is 0.0252. The van der Waals surface area contributed by atoms with Gasteiger partial charge in [-0.3, -0.25) is 9.69 Å². The number of rotatable bonds is 9. The Kier molecular flexibility index (Phi) is 9.07. The molecular weight excluding hydrogens is 428 g/mol. The summed E-state index contributed by atoms with van der Waals surface area (Å²) in [7, 11) is -3.70. The molecule has 1 aromatic carbocycles. The van der Waals surface area contributed by atoms with Crippen LogP contribution in [0.2, 0.25) is 0 Å². The lowest BCUT2D eigenvalue weighted by atomic mass is 10.1. The number of sulfonamides is 1. The van der Waals surface area contributed by atoms with Crippen LogP contribution in [0.3, 0.4) is 0 Å². The molecule has 2 aliphatic rings. The highest BCUT2D eigenvalue weighted by molar-refractivity contribution is 7.89. The fourth-order valence-electron chi connectivity index (χ4n) is 4.64. The second kappa shape index (κ2) is 11.6. The SMILES string of the molecule is Cc1cc(C)c(S(=O)(=O)N(CCCN2CCOCC2)CCC(=O)N2CCNCC2)c(C)c1. The summed E-state index contributed by atoms with van der Waals surface area (Å²) in [4.78, 5) is 17.2. The molecule has 2 aliphatic heterocycles. The van der Waals surface area contributed by atoms with Gasteiger partial charge in [0.25, 0.3) is 0 Å². The average molecular weight is 467 g/mol. The lowest BCUT2D eigenvalue weighted by Gasteiger charge is -2.30. The molecule has 0 atom stereocenters. The van der Waals surface area contributed by atoms with Crippen LogP contribution in [0.15, 0.2) is 17.0 Å². The quantitative estimate of drug-likeness (QED) is 0.588. The first kappa shape index (κ1) is 25.1. The highest BCUT2D eigenvalue weighted by atomic mass is 32.2. The van der Waals surface area contributed by atoms with Gasteiger partial charge in [-0.1, -0.05) is 17.7 Å². The van der Waals surface area contributed by atoms with Crippen molar-refractivity contribution in [1.29, 1.82) is 0 Å². The number of aryl methyl sites for hydroxylation is 3. The molecule has 8 nitrogen and oxygen atoms in total. The maximum Gasteiger partial charge on any atom is 0.243 e. The Labute approximate surface area is 192 Å². The minimum atomic E-state index is -3.70. The van der Waals surface area contributed by atoms with Gasteiger partial charge in [-0.15, -0.1) is 0 Å². The zero-order valence-electron chi connectivity index (χ0n) is 19.7. The van der Waals surface area contributed by atoms with Crippen LogP contribution in [0.5, 0.6) is 0 Å². The highest BCUT2D eigenvalue weighted by Gasteiger charge is 2.29. The predicted molar refractivity (Wildman–Crippen MR) is 125 cm³/mol. The molecule has 32 heavy (non-hydrogen) atoms. The number of hydrogen-bond acceptors (Lipinski definition) is 6. The number of nitrogens with zero attached hydrogens (tertiary/aromatic N) is 3. The van der Waals surface area contributed by atoms with Crippen molar-refractivity contribution >= 4 is 15.9 Å². The third kappa shape index (κ3) is 6.51. The Bertz CT molecular complexity index is 855. The Morgan fingerprint density at radius 3 is 2.28 bits per heavy atom. The number of carbonyl (C=O) groups excluding carboxylic acids is 1. The fraction of sp³-hybridized carbons (Fsp3) is 0.696. The van der Waals surface area contributed by atoms with Crippen LogP contribution in [-0.4, -0.2) is 101 Å². The molecule has 1 aromatic rings. The first-order valence-electron chi connectivity index (χ1n) is 11.7. The molecule has 2 fully saturated rings. The van der Waals surface area contributed by atoms with Gasteiger partial charge < -0.3 is 15.0 Å². The van der Waals surface area contributed by atoms with Gasteiger partial charge in [-0.2, -0.15) is 4.31 Å². The normalized spacial score (nSPS) is 18.3. The van der Waals surface area contributed by atoms with E-state index >= 15 is 0 Å². The Morgan fingerprint density at radius 1 is 1.03 bits per heavy atom. The molecule has 0 aliphatic carbocycles. The number of amides is 1. The zero-order chi connectivity index (χ0) is 23.1. The van der Waals surface area contributed by atoms with Gasteiger partial charge in [-0.05, 0) is 44.9 Å². The summed E-state index contributed by atoms with van der Waals surface area (Å²) in [6.45, 7) is 13.3. The second-order valence-electron chi connectivity index (χ2n) is 8.82. The highest BCUT2D eigenvalue weighted by Crippen LogP contribution is 2.26. The average Bonchev–Trinajstić information content (AvgIpc) is 2.76. The molecule has 1 N–H and O–H groups in total. The number of piperazine rings is 1.